The lowest BCUT2D eigenvalue weighted by Crippen LogP contribution is -2.23. The van der Waals surface area contributed by atoms with E-state index < -0.39 is 0 Å². The van der Waals surface area contributed by atoms with Gasteiger partial charge in [-0.3, -0.25) is 0 Å². The Bertz CT molecular complexity index is 142. The van der Waals surface area contributed by atoms with E-state index in [0.29, 0.717) is 5.92 Å². The monoisotopic (exact) mass is 154 g/mol. The summed E-state index contributed by atoms with van der Waals surface area (Å²) >= 11 is 0. The predicted molar refractivity (Wildman–Crippen MR) is 47.4 cm³/mol. The maximum atomic E-state index is 9.94. The average Bonchev–Trinajstić information content (AvgIpc) is 2.28. The molecule has 0 aromatic carbocycles. The molecule has 0 spiro atoms. The molecule has 1 saturated carbocycles. The number of allylic oxidation sites excluding steroid dienone is 1. The lowest BCUT2D eigenvalue weighted by atomic mass is 9.95. The highest BCUT2D eigenvalue weighted by molar-refractivity contribution is 4.89. The van der Waals surface area contributed by atoms with Crippen LogP contribution in [0.4, 0.5) is 0 Å². The van der Waals surface area contributed by atoms with Gasteiger partial charge in [0.2, 0.25) is 0 Å². The van der Waals surface area contributed by atoms with Crippen molar-refractivity contribution in [3.8, 4) is 0 Å². The largest absolute Gasteiger partial charge is 0.390 e. The van der Waals surface area contributed by atoms with Crippen molar-refractivity contribution in [3.63, 3.8) is 0 Å². The van der Waals surface area contributed by atoms with E-state index in [1.165, 1.54) is 6.42 Å². The zero-order chi connectivity index (χ0) is 8.32. The molecule has 0 bridgehead atoms. The third-order valence-electron chi connectivity index (χ3n) is 2.64. The summed E-state index contributed by atoms with van der Waals surface area (Å²) in [6.07, 6.45) is 6.90. The second-order valence-corrected chi connectivity index (χ2v) is 3.90. The molecule has 11 heavy (non-hydrogen) atoms. The Kier molecular flexibility index (Phi) is 2.72. The van der Waals surface area contributed by atoms with E-state index in [1.807, 2.05) is 6.08 Å². The topological polar surface area (TPSA) is 20.2 Å². The zero-order valence-corrected chi connectivity index (χ0v) is 7.34. The molecule has 0 saturated heterocycles. The molecule has 1 rings (SSSR count). The van der Waals surface area contributed by atoms with Crippen molar-refractivity contribution >= 4 is 0 Å². The van der Waals surface area contributed by atoms with Gasteiger partial charge in [0.15, 0.2) is 0 Å². The molecular weight excluding hydrogens is 136 g/mol. The second kappa shape index (κ2) is 3.40. The Morgan fingerprint density at radius 1 is 1.73 bits per heavy atom. The summed E-state index contributed by atoms with van der Waals surface area (Å²) in [5.41, 5.74) is -0.354. The van der Waals surface area contributed by atoms with Crippen LogP contribution in [-0.2, 0) is 0 Å². The van der Waals surface area contributed by atoms with Crippen LogP contribution in [0.15, 0.2) is 12.7 Å². The first-order valence-electron chi connectivity index (χ1n) is 4.49. The molecule has 1 heteroatoms. The lowest BCUT2D eigenvalue weighted by molar-refractivity contribution is 0.0364. The van der Waals surface area contributed by atoms with E-state index in [2.05, 4.69) is 13.5 Å². The average molecular weight is 154 g/mol. The molecule has 1 fully saturated rings. The van der Waals surface area contributed by atoms with E-state index >= 15 is 0 Å². The molecule has 1 aliphatic rings. The maximum absolute atomic E-state index is 9.94. The first-order chi connectivity index (χ1) is 5.16. The smallest absolute Gasteiger partial charge is 0.0653 e. The van der Waals surface area contributed by atoms with Gasteiger partial charge in [-0.25, -0.2) is 0 Å². The number of hydrogen-bond acceptors (Lipinski definition) is 1. The third kappa shape index (κ3) is 2.33. The van der Waals surface area contributed by atoms with E-state index in [0.717, 1.165) is 25.7 Å². The van der Waals surface area contributed by atoms with Crippen molar-refractivity contribution in [1.82, 2.24) is 0 Å². The van der Waals surface area contributed by atoms with E-state index in [1.54, 1.807) is 0 Å². The third-order valence-corrected chi connectivity index (χ3v) is 2.64. The molecule has 0 heterocycles. The van der Waals surface area contributed by atoms with Crippen molar-refractivity contribution in [2.75, 3.05) is 0 Å². The van der Waals surface area contributed by atoms with Crippen LogP contribution in [0.5, 0.6) is 0 Å². The quantitative estimate of drug-likeness (QED) is 0.619. The molecule has 1 nitrogen and oxygen atoms in total. The van der Waals surface area contributed by atoms with Crippen LogP contribution >= 0.6 is 0 Å². The summed E-state index contributed by atoms with van der Waals surface area (Å²) in [6.45, 7) is 5.87. The Labute approximate surface area is 69.1 Å². The number of rotatable bonds is 3. The Balaban J connectivity index is 2.35. The molecule has 0 aromatic rings. The van der Waals surface area contributed by atoms with Crippen molar-refractivity contribution in [1.29, 1.82) is 0 Å². The van der Waals surface area contributed by atoms with Gasteiger partial charge in [-0.1, -0.05) is 13.0 Å². The van der Waals surface area contributed by atoms with E-state index in [4.69, 9.17) is 0 Å². The van der Waals surface area contributed by atoms with Gasteiger partial charge in [-0.05, 0) is 38.0 Å². The molecule has 1 N–H and O–H groups in total. The molecule has 0 amide bonds. The second-order valence-electron chi connectivity index (χ2n) is 3.90. The van der Waals surface area contributed by atoms with Gasteiger partial charge in [0.25, 0.3) is 0 Å². The van der Waals surface area contributed by atoms with Gasteiger partial charge in [0.05, 0.1) is 5.60 Å². The zero-order valence-electron chi connectivity index (χ0n) is 7.34. The Morgan fingerprint density at radius 3 is 2.91 bits per heavy atom. The molecule has 2 atom stereocenters. The number of aliphatic hydroxyl groups is 1. The van der Waals surface area contributed by atoms with Gasteiger partial charge in [-0.2, -0.15) is 0 Å². The van der Waals surface area contributed by atoms with Crippen LogP contribution in [0.1, 0.15) is 39.0 Å². The molecular formula is C10H18O. The fraction of sp³-hybridized carbons (Fsp3) is 0.800. The van der Waals surface area contributed by atoms with Crippen LogP contribution in [0, 0.1) is 5.92 Å². The summed E-state index contributed by atoms with van der Waals surface area (Å²) in [4.78, 5) is 0. The van der Waals surface area contributed by atoms with Crippen LogP contribution in [0.3, 0.4) is 0 Å². The minimum Gasteiger partial charge on any atom is -0.390 e. The standard InChI is InChI=1S/C10H18O/c1-3-4-6-10(11)7-5-9(2)8-10/h3,9,11H,1,4-8H2,2H3. The molecule has 0 aromatic heterocycles. The summed E-state index contributed by atoms with van der Waals surface area (Å²) in [6, 6.07) is 0. The normalized spacial score (nSPS) is 37.5. The van der Waals surface area contributed by atoms with Crippen LogP contribution < -0.4 is 0 Å². The maximum Gasteiger partial charge on any atom is 0.0653 e. The Hall–Kier alpha value is -0.300. The first kappa shape index (κ1) is 8.79. The van der Waals surface area contributed by atoms with Crippen molar-refractivity contribution in [2.45, 2.75) is 44.6 Å². The lowest BCUT2D eigenvalue weighted by Gasteiger charge is -2.21. The highest BCUT2D eigenvalue weighted by atomic mass is 16.3. The highest BCUT2D eigenvalue weighted by Gasteiger charge is 2.33. The molecule has 2 unspecified atom stereocenters. The van der Waals surface area contributed by atoms with Gasteiger partial charge >= 0.3 is 0 Å². The van der Waals surface area contributed by atoms with Gasteiger partial charge in [0, 0.05) is 0 Å². The molecule has 0 aliphatic heterocycles. The minimum atomic E-state index is -0.354. The summed E-state index contributed by atoms with van der Waals surface area (Å²) < 4.78 is 0. The van der Waals surface area contributed by atoms with E-state index in [-0.39, 0.29) is 5.60 Å². The minimum absolute atomic E-state index is 0.354. The Morgan fingerprint density at radius 2 is 2.45 bits per heavy atom. The summed E-state index contributed by atoms with van der Waals surface area (Å²) in [5, 5.41) is 9.94. The highest BCUT2D eigenvalue weighted by Crippen LogP contribution is 2.37. The van der Waals surface area contributed by atoms with Gasteiger partial charge in [0.1, 0.15) is 0 Å². The van der Waals surface area contributed by atoms with E-state index in [9.17, 15) is 5.11 Å². The first-order valence-corrected chi connectivity index (χ1v) is 4.49. The summed E-state index contributed by atoms with van der Waals surface area (Å²) in [7, 11) is 0. The van der Waals surface area contributed by atoms with Crippen LogP contribution in [0.2, 0.25) is 0 Å². The predicted octanol–water partition coefficient (Wildman–Crippen LogP) is 2.50. The summed E-state index contributed by atoms with van der Waals surface area (Å²) in [5.74, 6) is 0.713. The van der Waals surface area contributed by atoms with Crippen molar-refractivity contribution in [3.05, 3.63) is 12.7 Å². The molecule has 1 aliphatic carbocycles. The fourth-order valence-corrected chi connectivity index (χ4v) is 1.97. The molecule has 0 radical (unpaired) electrons. The fourth-order valence-electron chi connectivity index (χ4n) is 1.97. The van der Waals surface area contributed by atoms with Gasteiger partial charge in [-0.15, -0.1) is 6.58 Å². The SMILES string of the molecule is C=CCCC1(O)CCC(C)C1. The van der Waals surface area contributed by atoms with Crippen molar-refractivity contribution < 1.29 is 5.11 Å². The van der Waals surface area contributed by atoms with Crippen LogP contribution in [0.25, 0.3) is 0 Å². The number of hydrogen-bond donors (Lipinski definition) is 1. The van der Waals surface area contributed by atoms with Crippen molar-refractivity contribution in [2.24, 2.45) is 5.92 Å². The van der Waals surface area contributed by atoms with Gasteiger partial charge < -0.3 is 5.11 Å². The molecule has 64 valence electrons. The van der Waals surface area contributed by atoms with Crippen LogP contribution in [-0.4, -0.2) is 10.7 Å².